The van der Waals surface area contributed by atoms with Crippen LogP contribution in [0.4, 0.5) is 41.1 Å². The van der Waals surface area contributed by atoms with Gasteiger partial charge >= 0.3 is 12.2 Å². The number of hydrogen-bond donors (Lipinski definition) is 0. The average Bonchev–Trinajstić information content (AvgIpc) is 4.10. The van der Waals surface area contributed by atoms with Gasteiger partial charge in [0, 0.05) is 43.5 Å². The lowest BCUT2D eigenvalue weighted by atomic mass is 9.33. The van der Waals surface area contributed by atoms with Crippen LogP contribution in [0.1, 0.15) is 49.9 Å². The van der Waals surface area contributed by atoms with Gasteiger partial charge in [-0.3, -0.25) is 0 Å². The van der Waals surface area contributed by atoms with E-state index < -0.39 is 24.4 Å². The van der Waals surface area contributed by atoms with E-state index in [1.807, 2.05) is 78.9 Å². The quantitative estimate of drug-likeness (QED) is 0.164. The third-order valence-corrected chi connectivity index (χ3v) is 16.6. The molecule has 0 saturated carbocycles. The fourth-order valence-corrected chi connectivity index (χ4v) is 13.1. The maximum absolute atomic E-state index is 15.5. The summed E-state index contributed by atoms with van der Waals surface area (Å²) >= 11 is 0. The standard InChI is InChI=1S/C33H22BF2NO3.C33H24BNO3/c1-33(2,3)18-11-12-19-20-13-15-22-30(31(20)39-26(19)16-18)37-29-21(34(22)28-23(35)7-5-8-24(28)36)14-10-17-6-4-9-25(27(17)29)40-32(37)38;1-4-20-14-18(2)31(19(3)15-20)34-24-13-12-21-8-7-11-28-30(21)32(24)35(33(36)38-28)26-16-23-22-9-5-6-10-27(22)37-29(23)17-25(26)34/h4-16H,1-3H3;5-17H,4H2,1-3H3. The fourth-order valence-electron chi connectivity index (χ4n) is 13.1. The maximum atomic E-state index is 15.5. The summed E-state index contributed by atoms with van der Waals surface area (Å²) in [5, 5.41) is 7.36. The number of hydrogen-bond acceptors (Lipinski definition) is 6. The first kappa shape index (κ1) is 46.2. The zero-order valence-electron chi connectivity index (χ0n) is 43.5. The molecule has 6 heterocycles. The summed E-state index contributed by atoms with van der Waals surface area (Å²) < 4.78 is 55.5. The van der Waals surface area contributed by atoms with Crippen molar-refractivity contribution in [3.8, 4) is 11.5 Å². The molecule has 2 amide bonds. The molecule has 0 N–H and O–H groups in total. The summed E-state index contributed by atoms with van der Waals surface area (Å²) in [6.07, 6.45) is 0.0242. The van der Waals surface area contributed by atoms with E-state index in [1.165, 1.54) is 45.3 Å². The van der Waals surface area contributed by atoms with Gasteiger partial charge in [0.2, 0.25) is 6.71 Å². The Morgan fingerprint density at radius 2 is 1.06 bits per heavy atom. The van der Waals surface area contributed by atoms with E-state index >= 15 is 8.78 Å². The summed E-state index contributed by atoms with van der Waals surface area (Å²) in [7, 11) is 0. The van der Waals surface area contributed by atoms with Crippen LogP contribution >= 0.6 is 0 Å². The van der Waals surface area contributed by atoms with Crippen LogP contribution in [0.25, 0.3) is 65.4 Å². The molecule has 16 rings (SSSR count). The summed E-state index contributed by atoms with van der Waals surface area (Å²) in [4.78, 5) is 30.7. The van der Waals surface area contributed by atoms with Crippen LogP contribution in [0.2, 0.25) is 0 Å². The smallest absolute Gasteiger partial charge is 0.424 e. The van der Waals surface area contributed by atoms with Gasteiger partial charge in [-0.25, -0.2) is 28.2 Å². The van der Waals surface area contributed by atoms with E-state index in [9.17, 15) is 9.59 Å². The van der Waals surface area contributed by atoms with Crippen molar-refractivity contribution in [2.24, 2.45) is 0 Å². The minimum Gasteiger partial charge on any atom is -0.456 e. The fraction of sp³-hybridized carbons (Fsp3) is 0.121. The van der Waals surface area contributed by atoms with Gasteiger partial charge in [-0.1, -0.05) is 153 Å². The van der Waals surface area contributed by atoms with Gasteiger partial charge in [-0.05, 0) is 118 Å². The topological polar surface area (TPSA) is 85.4 Å². The Hall–Kier alpha value is -9.15. The minimum absolute atomic E-state index is 0.0527. The van der Waals surface area contributed by atoms with E-state index in [1.54, 1.807) is 11.0 Å². The van der Waals surface area contributed by atoms with Gasteiger partial charge in [0.05, 0.1) is 17.1 Å². The summed E-state index contributed by atoms with van der Waals surface area (Å²) in [6, 6.07) is 50.2. The molecule has 8 nitrogen and oxygen atoms in total. The highest BCUT2D eigenvalue weighted by Crippen LogP contribution is 2.48. The molecule has 0 spiro atoms. The van der Waals surface area contributed by atoms with Crippen molar-refractivity contribution in [1.29, 1.82) is 0 Å². The van der Waals surface area contributed by atoms with Gasteiger partial charge in [0.15, 0.2) is 5.58 Å². The first-order valence-electron chi connectivity index (χ1n) is 26.4. The molecule has 0 saturated heterocycles. The predicted octanol–water partition coefficient (Wildman–Crippen LogP) is 13.2. The number of anilines is 4. The lowest BCUT2D eigenvalue weighted by Gasteiger charge is -2.39. The lowest BCUT2D eigenvalue weighted by molar-refractivity contribution is 0.209. The number of carbonyl (C=O) groups excluding carboxylic acids is 2. The number of para-hydroxylation sites is 1. The molecule has 0 bridgehead atoms. The van der Waals surface area contributed by atoms with Gasteiger partial charge < -0.3 is 18.3 Å². The first-order valence-corrected chi connectivity index (χ1v) is 26.4. The molecule has 12 aromatic rings. The normalized spacial score (nSPS) is 14.1. The van der Waals surface area contributed by atoms with Crippen molar-refractivity contribution in [3.05, 3.63) is 192 Å². The number of fused-ring (bicyclic) bond motifs is 11. The SMILES string of the molecule is CC(C)(C)c1ccc2c(c1)oc1c3c(ccc12)B(c1c(F)cccc1F)c1ccc2cccc4c2c1N3C(=O)O4.CCc1cc(C)c(B2c3cc4oc5ccccc5c4cc3N3C(=O)Oc4cccc5ccc2c3c45)c(C)c1. The lowest BCUT2D eigenvalue weighted by Crippen LogP contribution is -2.61. The van der Waals surface area contributed by atoms with Crippen molar-refractivity contribution in [2.45, 2.75) is 53.4 Å². The molecule has 2 aromatic heterocycles. The highest BCUT2D eigenvalue weighted by molar-refractivity contribution is 6.99. The molecular weight excluding hydrogens is 976 g/mol. The summed E-state index contributed by atoms with van der Waals surface area (Å²) in [5.74, 6) is -0.267. The maximum Gasteiger partial charge on any atom is 0.424 e. The number of benzene rings is 10. The predicted molar refractivity (Wildman–Crippen MR) is 311 cm³/mol. The van der Waals surface area contributed by atoms with Crippen LogP contribution in [-0.2, 0) is 11.8 Å². The Kier molecular flexibility index (Phi) is 9.73. The van der Waals surface area contributed by atoms with Crippen molar-refractivity contribution in [1.82, 2.24) is 0 Å². The number of nitrogens with zero attached hydrogens (tertiary/aromatic N) is 2. The molecule has 376 valence electrons. The number of aryl methyl sites for hydroxylation is 3. The van der Waals surface area contributed by atoms with Gasteiger partial charge in [-0.15, -0.1) is 0 Å². The molecular formula is C66H46B2F2N2O6. The van der Waals surface area contributed by atoms with E-state index in [-0.39, 0.29) is 23.7 Å². The highest BCUT2D eigenvalue weighted by Gasteiger charge is 2.46. The number of ether oxygens (including phenoxy) is 2. The Bertz CT molecular complexity index is 4650. The van der Waals surface area contributed by atoms with Crippen LogP contribution in [0.3, 0.4) is 0 Å². The van der Waals surface area contributed by atoms with Gasteiger partial charge in [-0.2, -0.15) is 0 Å². The van der Waals surface area contributed by atoms with Crippen molar-refractivity contribution in [2.75, 3.05) is 9.80 Å². The molecule has 0 aliphatic carbocycles. The molecule has 4 aliphatic rings. The van der Waals surface area contributed by atoms with Crippen molar-refractivity contribution < 1.29 is 36.7 Å². The number of carbonyl (C=O) groups is 2. The number of rotatable bonds is 3. The van der Waals surface area contributed by atoms with Crippen LogP contribution in [0, 0.1) is 25.5 Å². The molecule has 10 aromatic carbocycles. The van der Waals surface area contributed by atoms with Crippen LogP contribution in [0.5, 0.6) is 11.5 Å². The molecule has 0 fully saturated rings. The van der Waals surface area contributed by atoms with E-state index in [0.717, 1.165) is 88.5 Å². The van der Waals surface area contributed by atoms with Crippen molar-refractivity contribution in [3.63, 3.8) is 0 Å². The zero-order chi connectivity index (χ0) is 53.2. The molecule has 78 heavy (non-hydrogen) atoms. The number of halogens is 2. The summed E-state index contributed by atoms with van der Waals surface area (Å²) in [5.41, 5.74) is 15.0. The highest BCUT2D eigenvalue weighted by atomic mass is 19.1. The molecule has 12 heteroatoms. The van der Waals surface area contributed by atoms with Gasteiger partial charge in [0.25, 0.3) is 6.71 Å². The second-order valence-corrected chi connectivity index (χ2v) is 22.1. The third-order valence-electron chi connectivity index (χ3n) is 16.6. The Morgan fingerprint density at radius 1 is 0.500 bits per heavy atom. The van der Waals surface area contributed by atoms with Crippen LogP contribution < -0.4 is 52.1 Å². The average molecular weight is 1020 g/mol. The van der Waals surface area contributed by atoms with Crippen LogP contribution in [0.15, 0.2) is 167 Å². The second-order valence-electron chi connectivity index (χ2n) is 22.1. The first-order chi connectivity index (χ1) is 37.7. The van der Waals surface area contributed by atoms with E-state index in [0.29, 0.717) is 45.0 Å². The monoisotopic (exact) mass is 1020 g/mol. The van der Waals surface area contributed by atoms with E-state index in [4.69, 9.17) is 18.3 Å². The molecule has 0 atom stereocenters. The number of furan rings is 2. The Morgan fingerprint density at radius 3 is 1.73 bits per heavy atom. The van der Waals surface area contributed by atoms with Crippen molar-refractivity contribution >= 4 is 147 Å². The number of amides is 2. The minimum atomic E-state index is -0.812. The Balaban J connectivity index is 0.000000136. The molecule has 4 aliphatic heterocycles. The third kappa shape index (κ3) is 6.46. The Labute approximate surface area is 447 Å². The molecule has 0 unspecified atom stereocenters. The molecule has 0 radical (unpaired) electrons. The van der Waals surface area contributed by atoms with Gasteiger partial charge in [0.1, 0.15) is 39.9 Å². The summed E-state index contributed by atoms with van der Waals surface area (Å²) in [6.45, 7) is 12.2. The largest absolute Gasteiger partial charge is 0.456 e. The van der Waals surface area contributed by atoms with Crippen LogP contribution in [-0.4, -0.2) is 25.6 Å². The zero-order valence-corrected chi connectivity index (χ0v) is 43.5. The second kappa shape index (κ2) is 16.4. The van der Waals surface area contributed by atoms with E-state index in [2.05, 4.69) is 96.1 Å².